The van der Waals surface area contributed by atoms with Crippen molar-refractivity contribution in [3.05, 3.63) is 29.3 Å². The number of hydrogen-bond donors (Lipinski definition) is 4. The van der Waals surface area contributed by atoms with Crippen LogP contribution in [-0.4, -0.2) is 57.7 Å². The minimum atomic E-state index is -1.44. The molecule has 0 aliphatic carbocycles. The van der Waals surface area contributed by atoms with Gasteiger partial charge in [-0.25, -0.2) is 0 Å². The first-order valence-electron chi connectivity index (χ1n) is 7.43. The molecule has 0 bridgehead atoms. The normalized spacial score (nSPS) is 32.3. The lowest BCUT2D eigenvalue weighted by atomic mass is 9.98. The van der Waals surface area contributed by atoms with E-state index in [0.717, 1.165) is 11.1 Å². The Morgan fingerprint density at radius 2 is 1.82 bits per heavy atom. The SMILES string of the molecule is Cc1ccc(C(C)C)c(O[C@@H]2O[C@H](CO)[C@H](O)[C@H](O)[C@H]2O)c1. The van der Waals surface area contributed by atoms with E-state index in [1.54, 1.807) is 0 Å². The second kappa shape index (κ2) is 6.93. The third kappa shape index (κ3) is 3.42. The molecule has 1 aliphatic heterocycles. The summed E-state index contributed by atoms with van der Waals surface area (Å²) < 4.78 is 11.1. The van der Waals surface area contributed by atoms with E-state index in [-0.39, 0.29) is 5.92 Å². The summed E-state index contributed by atoms with van der Waals surface area (Å²) in [6, 6.07) is 5.74. The standard InChI is InChI=1S/C16H24O6/c1-8(2)10-5-4-9(3)6-11(10)21-16-15(20)14(19)13(18)12(7-17)22-16/h4-6,8,12-20H,7H2,1-3H3/t12-,13+,14+,15-,16-/m1/s1. The number of benzene rings is 1. The first-order valence-corrected chi connectivity index (χ1v) is 7.43. The second-order valence-electron chi connectivity index (χ2n) is 6.01. The van der Waals surface area contributed by atoms with Crippen LogP contribution in [0, 0.1) is 6.92 Å². The molecular weight excluding hydrogens is 288 g/mol. The zero-order valence-corrected chi connectivity index (χ0v) is 13.0. The predicted octanol–water partition coefficient (Wildman–Crippen LogP) is 0.297. The summed E-state index contributed by atoms with van der Waals surface area (Å²) in [7, 11) is 0. The van der Waals surface area contributed by atoms with Crippen molar-refractivity contribution < 1.29 is 29.9 Å². The molecule has 4 N–H and O–H groups in total. The molecule has 1 aliphatic rings. The fourth-order valence-electron chi connectivity index (χ4n) is 2.51. The van der Waals surface area contributed by atoms with Crippen molar-refractivity contribution in [1.29, 1.82) is 0 Å². The zero-order chi connectivity index (χ0) is 16.4. The summed E-state index contributed by atoms with van der Waals surface area (Å²) in [5, 5.41) is 38.8. The molecule has 1 heterocycles. The van der Waals surface area contributed by atoms with Gasteiger partial charge < -0.3 is 29.9 Å². The Hall–Kier alpha value is -1.18. The predicted molar refractivity (Wildman–Crippen MR) is 79.7 cm³/mol. The zero-order valence-electron chi connectivity index (χ0n) is 13.0. The number of aryl methyl sites for hydroxylation is 1. The van der Waals surface area contributed by atoms with Gasteiger partial charge in [0.25, 0.3) is 0 Å². The minimum absolute atomic E-state index is 0.209. The highest BCUT2D eigenvalue weighted by Crippen LogP contribution is 2.31. The maximum atomic E-state index is 10.0. The van der Waals surface area contributed by atoms with Crippen molar-refractivity contribution in [2.75, 3.05) is 6.61 Å². The van der Waals surface area contributed by atoms with Gasteiger partial charge in [0, 0.05) is 0 Å². The van der Waals surface area contributed by atoms with E-state index in [4.69, 9.17) is 9.47 Å². The molecule has 1 fully saturated rings. The maximum absolute atomic E-state index is 10.0. The van der Waals surface area contributed by atoms with Gasteiger partial charge in [-0.3, -0.25) is 0 Å². The molecular formula is C16H24O6. The van der Waals surface area contributed by atoms with Crippen molar-refractivity contribution in [2.45, 2.75) is 57.4 Å². The summed E-state index contributed by atoms with van der Waals surface area (Å²) in [4.78, 5) is 0. The third-order valence-electron chi connectivity index (χ3n) is 3.88. The van der Waals surface area contributed by atoms with E-state index < -0.39 is 37.3 Å². The van der Waals surface area contributed by atoms with Crippen LogP contribution in [0.4, 0.5) is 0 Å². The average molecular weight is 312 g/mol. The second-order valence-corrected chi connectivity index (χ2v) is 6.01. The monoisotopic (exact) mass is 312 g/mol. The maximum Gasteiger partial charge on any atom is 0.229 e. The topological polar surface area (TPSA) is 99.4 Å². The van der Waals surface area contributed by atoms with Crippen molar-refractivity contribution in [2.24, 2.45) is 0 Å². The first kappa shape index (κ1) is 17.2. The molecule has 0 spiro atoms. The van der Waals surface area contributed by atoms with Gasteiger partial charge in [0.2, 0.25) is 6.29 Å². The molecule has 6 nitrogen and oxygen atoms in total. The van der Waals surface area contributed by atoms with Gasteiger partial charge in [-0.1, -0.05) is 26.0 Å². The molecule has 6 heteroatoms. The van der Waals surface area contributed by atoms with Gasteiger partial charge in [0.15, 0.2) is 0 Å². The van der Waals surface area contributed by atoms with E-state index in [0.29, 0.717) is 5.75 Å². The van der Waals surface area contributed by atoms with E-state index in [1.165, 1.54) is 0 Å². The fraction of sp³-hybridized carbons (Fsp3) is 0.625. The Morgan fingerprint density at radius 3 is 2.41 bits per heavy atom. The highest BCUT2D eigenvalue weighted by Gasteiger charge is 2.44. The van der Waals surface area contributed by atoms with Crippen LogP contribution in [0.5, 0.6) is 5.75 Å². The minimum Gasteiger partial charge on any atom is -0.462 e. The Labute approximate surface area is 129 Å². The van der Waals surface area contributed by atoms with Crippen LogP contribution < -0.4 is 4.74 Å². The Morgan fingerprint density at radius 1 is 1.14 bits per heavy atom. The molecule has 1 aromatic rings. The van der Waals surface area contributed by atoms with Gasteiger partial charge in [0.05, 0.1) is 6.61 Å². The van der Waals surface area contributed by atoms with Crippen molar-refractivity contribution in [3.8, 4) is 5.75 Å². The molecule has 5 atom stereocenters. The Bertz CT molecular complexity index is 501. The Balaban J connectivity index is 2.24. The van der Waals surface area contributed by atoms with Crippen LogP contribution >= 0.6 is 0 Å². The third-order valence-corrected chi connectivity index (χ3v) is 3.88. The fourth-order valence-corrected chi connectivity index (χ4v) is 2.51. The van der Waals surface area contributed by atoms with Crippen LogP contribution in [0.1, 0.15) is 30.9 Å². The lowest BCUT2D eigenvalue weighted by Gasteiger charge is -2.39. The molecule has 0 aromatic heterocycles. The molecule has 0 saturated carbocycles. The molecule has 1 saturated heterocycles. The van der Waals surface area contributed by atoms with E-state index >= 15 is 0 Å². The number of ether oxygens (including phenoxy) is 2. The van der Waals surface area contributed by atoms with Crippen LogP contribution in [0.2, 0.25) is 0 Å². The number of aliphatic hydroxyl groups is 4. The summed E-state index contributed by atoms with van der Waals surface area (Å²) in [6.45, 7) is 5.48. The highest BCUT2D eigenvalue weighted by molar-refractivity contribution is 5.39. The van der Waals surface area contributed by atoms with Gasteiger partial charge in [0.1, 0.15) is 30.2 Å². The summed E-state index contributed by atoms with van der Waals surface area (Å²) >= 11 is 0. The summed E-state index contributed by atoms with van der Waals surface area (Å²) in [5.74, 6) is 0.764. The summed E-state index contributed by atoms with van der Waals surface area (Å²) in [6.07, 6.45) is -6.37. The largest absolute Gasteiger partial charge is 0.462 e. The molecule has 2 rings (SSSR count). The average Bonchev–Trinajstić information content (AvgIpc) is 2.47. The molecule has 0 amide bonds. The molecule has 22 heavy (non-hydrogen) atoms. The van der Waals surface area contributed by atoms with E-state index in [1.807, 2.05) is 39.0 Å². The van der Waals surface area contributed by atoms with E-state index in [9.17, 15) is 20.4 Å². The quantitative estimate of drug-likeness (QED) is 0.638. The van der Waals surface area contributed by atoms with E-state index in [2.05, 4.69) is 0 Å². The van der Waals surface area contributed by atoms with Crippen LogP contribution in [-0.2, 0) is 4.74 Å². The highest BCUT2D eigenvalue weighted by atomic mass is 16.7. The smallest absolute Gasteiger partial charge is 0.229 e. The van der Waals surface area contributed by atoms with Gasteiger partial charge in [-0.2, -0.15) is 0 Å². The van der Waals surface area contributed by atoms with Crippen molar-refractivity contribution in [3.63, 3.8) is 0 Å². The molecule has 0 unspecified atom stereocenters. The first-order chi connectivity index (χ1) is 10.3. The van der Waals surface area contributed by atoms with Gasteiger partial charge in [-0.15, -0.1) is 0 Å². The lowest BCUT2D eigenvalue weighted by Crippen LogP contribution is -2.60. The molecule has 1 aromatic carbocycles. The molecule has 0 radical (unpaired) electrons. The van der Waals surface area contributed by atoms with Crippen molar-refractivity contribution >= 4 is 0 Å². The Kier molecular flexibility index (Phi) is 5.41. The van der Waals surface area contributed by atoms with Crippen LogP contribution in [0.15, 0.2) is 18.2 Å². The number of hydrogen-bond acceptors (Lipinski definition) is 6. The summed E-state index contributed by atoms with van der Waals surface area (Å²) in [5.41, 5.74) is 1.94. The lowest BCUT2D eigenvalue weighted by molar-refractivity contribution is -0.277. The molecule has 124 valence electrons. The number of aliphatic hydroxyl groups excluding tert-OH is 4. The van der Waals surface area contributed by atoms with Crippen LogP contribution in [0.25, 0.3) is 0 Å². The van der Waals surface area contributed by atoms with Crippen LogP contribution in [0.3, 0.4) is 0 Å². The van der Waals surface area contributed by atoms with Gasteiger partial charge in [-0.05, 0) is 30.0 Å². The van der Waals surface area contributed by atoms with Crippen molar-refractivity contribution in [1.82, 2.24) is 0 Å². The van der Waals surface area contributed by atoms with Gasteiger partial charge >= 0.3 is 0 Å². The number of rotatable bonds is 4.